The SMILES string of the molecule is CC(C)(C)OC(=O)N1CCCC(CNc2nc3ccccc3nc2Cl)C1. The third-order valence-corrected chi connectivity index (χ3v) is 4.52. The van der Waals surface area contributed by atoms with E-state index in [1.807, 2.05) is 45.0 Å². The largest absolute Gasteiger partial charge is 0.444 e. The van der Waals surface area contributed by atoms with E-state index in [0.717, 1.165) is 30.4 Å². The summed E-state index contributed by atoms with van der Waals surface area (Å²) < 4.78 is 5.48. The minimum absolute atomic E-state index is 0.245. The summed E-state index contributed by atoms with van der Waals surface area (Å²) in [4.78, 5) is 23.0. The second kappa shape index (κ2) is 7.66. The molecule has 3 rings (SSSR count). The molecule has 1 saturated heterocycles. The number of carbonyl (C=O) groups is 1. The molecule has 0 saturated carbocycles. The van der Waals surface area contributed by atoms with E-state index < -0.39 is 5.60 Å². The van der Waals surface area contributed by atoms with Crippen LogP contribution in [-0.2, 0) is 4.74 Å². The van der Waals surface area contributed by atoms with Gasteiger partial charge in [-0.2, -0.15) is 0 Å². The van der Waals surface area contributed by atoms with Crippen molar-refractivity contribution in [2.45, 2.75) is 39.2 Å². The third kappa shape index (κ3) is 4.75. The van der Waals surface area contributed by atoms with E-state index >= 15 is 0 Å². The highest BCUT2D eigenvalue weighted by Gasteiger charge is 2.27. The number of carbonyl (C=O) groups excluding carboxylic acids is 1. The molecule has 0 radical (unpaired) electrons. The van der Waals surface area contributed by atoms with Gasteiger partial charge in [-0.15, -0.1) is 0 Å². The fourth-order valence-electron chi connectivity index (χ4n) is 3.06. The average Bonchev–Trinajstić information content (AvgIpc) is 2.58. The molecule has 1 fully saturated rings. The topological polar surface area (TPSA) is 67.3 Å². The molecule has 1 aromatic carbocycles. The molecule has 1 amide bonds. The summed E-state index contributed by atoms with van der Waals surface area (Å²) in [5.74, 6) is 0.903. The van der Waals surface area contributed by atoms with Gasteiger partial charge in [0, 0.05) is 19.6 Å². The maximum atomic E-state index is 12.3. The van der Waals surface area contributed by atoms with Crippen molar-refractivity contribution in [1.29, 1.82) is 0 Å². The zero-order valence-electron chi connectivity index (χ0n) is 15.5. The second-order valence-electron chi connectivity index (χ2n) is 7.67. The van der Waals surface area contributed by atoms with Crippen LogP contribution in [-0.4, -0.2) is 46.2 Å². The van der Waals surface area contributed by atoms with Crippen molar-refractivity contribution in [3.63, 3.8) is 0 Å². The first-order valence-electron chi connectivity index (χ1n) is 8.96. The van der Waals surface area contributed by atoms with Crippen LogP contribution in [0.15, 0.2) is 24.3 Å². The molecule has 6 nitrogen and oxygen atoms in total. The summed E-state index contributed by atoms with van der Waals surface area (Å²) in [6.45, 7) is 7.74. The molecule has 1 aliphatic heterocycles. The molecule has 1 aliphatic rings. The van der Waals surface area contributed by atoms with Gasteiger partial charge in [0.1, 0.15) is 5.60 Å². The maximum Gasteiger partial charge on any atom is 0.410 e. The molecule has 1 atom stereocenters. The molecule has 7 heteroatoms. The van der Waals surface area contributed by atoms with Gasteiger partial charge >= 0.3 is 6.09 Å². The van der Waals surface area contributed by atoms with Gasteiger partial charge in [0.15, 0.2) is 11.0 Å². The lowest BCUT2D eigenvalue weighted by Gasteiger charge is -2.34. The normalized spacial score (nSPS) is 18.0. The highest BCUT2D eigenvalue weighted by molar-refractivity contribution is 6.32. The highest BCUT2D eigenvalue weighted by Crippen LogP contribution is 2.23. The van der Waals surface area contributed by atoms with Crippen LogP contribution in [0.2, 0.25) is 5.15 Å². The van der Waals surface area contributed by atoms with Crippen LogP contribution < -0.4 is 5.32 Å². The minimum Gasteiger partial charge on any atom is -0.444 e. The smallest absolute Gasteiger partial charge is 0.410 e. The zero-order chi connectivity index (χ0) is 18.7. The number of hydrogen-bond acceptors (Lipinski definition) is 5. The van der Waals surface area contributed by atoms with E-state index in [9.17, 15) is 4.79 Å². The number of likely N-dealkylation sites (tertiary alicyclic amines) is 1. The Balaban J connectivity index is 1.61. The van der Waals surface area contributed by atoms with Crippen molar-refractivity contribution in [3.05, 3.63) is 29.4 Å². The predicted molar refractivity (Wildman–Crippen MR) is 104 cm³/mol. The molecule has 140 valence electrons. The predicted octanol–water partition coefficient (Wildman–Crippen LogP) is 4.34. The Morgan fingerprint density at radius 2 is 2.00 bits per heavy atom. The van der Waals surface area contributed by atoms with Gasteiger partial charge in [0.25, 0.3) is 0 Å². The van der Waals surface area contributed by atoms with Gasteiger partial charge in [-0.3, -0.25) is 0 Å². The van der Waals surface area contributed by atoms with E-state index in [0.29, 0.717) is 30.0 Å². The Bertz CT molecular complexity index is 791. The van der Waals surface area contributed by atoms with E-state index in [1.165, 1.54) is 0 Å². The van der Waals surface area contributed by atoms with Crippen molar-refractivity contribution >= 4 is 34.5 Å². The summed E-state index contributed by atoms with van der Waals surface area (Å²) in [6, 6.07) is 7.63. The lowest BCUT2D eigenvalue weighted by Crippen LogP contribution is -2.44. The van der Waals surface area contributed by atoms with E-state index in [2.05, 4.69) is 15.3 Å². The molecular formula is C19H25ClN4O2. The summed E-state index contributed by atoms with van der Waals surface area (Å²) in [5.41, 5.74) is 1.10. The van der Waals surface area contributed by atoms with Crippen LogP contribution in [0.3, 0.4) is 0 Å². The van der Waals surface area contributed by atoms with Gasteiger partial charge in [0.05, 0.1) is 11.0 Å². The van der Waals surface area contributed by atoms with Crippen molar-refractivity contribution < 1.29 is 9.53 Å². The molecule has 2 heterocycles. The number of piperidine rings is 1. The Morgan fingerprint density at radius 3 is 2.69 bits per heavy atom. The highest BCUT2D eigenvalue weighted by atomic mass is 35.5. The molecule has 0 bridgehead atoms. The molecule has 1 aromatic heterocycles. The number of hydrogen-bond donors (Lipinski definition) is 1. The maximum absolute atomic E-state index is 12.3. The van der Waals surface area contributed by atoms with E-state index in [1.54, 1.807) is 4.90 Å². The number of benzene rings is 1. The number of para-hydroxylation sites is 2. The summed E-state index contributed by atoms with van der Waals surface area (Å²) in [6.07, 6.45) is 1.76. The zero-order valence-corrected chi connectivity index (χ0v) is 16.2. The van der Waals surface area contributed by atoms with Gasteiger partial charge in [-0.1, -0.05) is 23.7 Å². The molecule has 0 aliphatic carbocycles. The quantitative estimate of drug-likeness (QED) is 0.862. The van der Waals surface area contributed by atoms with Gasteiger partial charge in [-0.05, 0) is 51.7 Å². The monoisotopic (exact) mass is 376 g/mol. The van der Waals surface area contributed by atoms with Crippen LogP contribution in [0.4, 0.5) is 10.6 Å². The third-order valence-electron chi connectivity index (χ3n) is 4.26. The van der Waals surface area contributed by atoms with Crippen LogP contribution in [0, 0.1) is 5.92 Å². The molecule has 2 aromatic rings. The van der Waals surface area contributed by atoms with Gasteiger partial charge in [0.2, 0.25) is 0 Å². The lowest BCUT2D eigenvalue weighted by molar-refractivity contribution is 0.0172. The van der Waals surface area contributed by atoms with Crippen molar-refractivity contribution in [2.24, 2.45) is 5.92 Å². The first kappa shape index (κ1) is 18.7. The van der Waals surface area contributed by atoms with E-state index in [4.69, 9.17) is 16.3 Å². The molecule has 26 heavy (non-hydrogen) atoms. The number of anilines is 1. The van der Waals surface area contributed by atoms with Crippen LogP contribution in [0.5, 0.6) is 0 Å². The van der Waals surface area contributed by atoms with Crippen molar-refractivity contribution in [2.75, 3.05) is 25.0 Å². The van der Waals surface area contributed by atoms with Crippen LogP contribution in [0.1, 0.15) is 33.6 Å². The minimum atomic E-state index is -0.476. The number of nitrogens with one attached hydrogen (secondary N) is 1. The first-order valence-corrected chi connectivity index (χ1v) is 9.34. The Kier molecular flexibility index (Phi) is 5.51. The number of amides is 1. The number of nitrogens with zero attached hydrogens (tertiary/aromatic N) is 3. The van der Waals surface area contributed by atoms with Gasteiger partial charge in [-0.25, -0.2) is 14.8 Å². The van der Waals surface area contributed by atoms with Crippen molar-refractivity contribution in [1.82, 2.24) is 14.9 Å². The van der Waals surface area contributed by atoms with Crippen LogP contribution >= 0.6 is 11.6 Å². The summed E-state index contributed by atoms with van der Waals surface area (Å²) >= 11 is 6.25. The number of halogens is 1. The lowest BCUT2D eigenvalue weighted by atomic mass is 9.98. The number of fused-ring (bicyclic) bond motifs is 1. The number of rotatable bonds is 3. The fraction of sp³-hybridized carbons (Fsp3) is 0.526. The van der Waals surface area contributed by atoms with Crippen LogP contribution in [0.25, 0.3) is 11.0 Å². The Morgan fingerprint density at radius 1 is 1.31 bits per heavy atom. The second-order valence-corrected chi connectivity index (χ2v) is 8.03. The Hall–Kier alpha value is -2.08. The molecule has 0 spiro atoms. The molecular weight excluding hydrogens is 352 g/mol. The van der Waals surface area contributed by atoms with E-state index in [-0.39, 0.29) is 6.09 Å². The van der Waals surface area contributed by atoms with Gasteiger partial charge < -0.3 is 15.0 Å². The fourth-order valence-corrected chi connectivity index (χ4v) is 3.26. The summed E-state index contributed by atoms with van der Waals surface area (Å²) in [5, 5.41) is 3.66. The summed E-state index contributed by atoms with van der Waals surface area (Å²) in [7, 11) is 0. The standard InChI is InChI=1S/C19H25ClN4O2/c1-19(2,3)26-18(25)24-10-6-7-13(12-24)11-21-17-16(20)22-14-8-4-5-9-15(14)23-17/h4-5,8-9,13H,6-7,10-12H2,1-3H3,(H,21,23). The Labute approximate surface area is 158 Å². The molecule has 1 N–H and O–H groups in total. The number of ether oxygens (including phenoxy) is 1. The number of aromatic nitrogens is 2. The average molecular weight is 377 g/mol. The first-order chi connectivity index (χ1) is 12.3. The van der Waals surface area contributed by atoms with Crippen molar-refractivity contribution in [3.8, 4) is 0 Å². The molecule has 1 unspecified atom stereocenters.